The summed E-state index contributed by atoms with van der Waals surface area (Å²) in [7, 11) is 0. The van der Waals surface area contributed by atoms with E-state index in [2.05, 4.69) is 9.83 Å². The first-order valence-corrected chi connectivity index (χ1v) is 20.5. The second kappa shape index (κ2) is 16.7. The average molecular weight is 730 g/mol. The van der Waals surface area contributed by atoms with Crippen molar-refractivity contribution in [3.05, 3.63) is 80.7 Å². The lowest BCUT2D eigenvalue weighted by molar-refractivity contribution is -0.137. The summed E-state index contributed by atoms with van der Waals surface area (Å²) in [6, 6.07) is 4.86. The summed E-state index contributed by atoms with van der Waals surface area (Å²) < 4.78 is 53.9. The fraction of sp³-hybridized carbons (Fsp3) is 0.614. The zero-order chi connectivity index (χ0) is 37.0. The molecule has 9 heteroatoms. The van der Waals surface area contributed by atoms with E-state index in [-0.39, 0.29) is 42.0 Å². The molecular formula is C44H54F3N3O3. The molecule has 0 saturated heterocycles. The second-order valence-corrected chi connectivity index (χ2v) is 15.9. The monoisotopic (exact) mass is 729 g/mol. The minimum Gasteiger partial charge on any atom is -0.462 e. The number of aromatic amines is 1. The number of carbonyl (C=O) groups excluding carboxylic acids is 1. The lowest BCUT2D eigenvalue weighted by Crippen LogP contribution is -2.18. The van der Waals surface area contributed by atoms with Crippen LogP contribution in [-0.4, -0.2) is 23.3 Å². The number of aliphatic imine (C=N–C) groups is 1. The van der Waals surface area contributed by atoms with Crippen LogP contribution in [0.5, 0.6) is 5.75 Å². The SMILES string of the molecule is [C-]#[N+]C1=C(C2CCCCC2)C(=C(Oc2ccc(C(F)(F)F)cc2)c2[nH]c(C3CCCCC3)c(C(=O)OCC)c2C2CCCCC2)N=C1C1CCCCC1. The van der Waals surface area contributed by atoms with E-state index in [9.17, 15) is 18.0 Å². The van der Waals surface area contributed by atoms with Gasteiger partial charge in [0.15, 0.2) is 5.76 Å². The van der Waals surface area contributed by atoms with Crippen LogP contribution in [-0.2, 0) is 10.9 Å². The second-order valence-electron chi connectivity index (χ2n) is 15.9. The Labute approximate surface area is 312 Å². The summed E-state index contributed by atoms with van der Waals surface area (Å²) in [5.74, 6) is 0.858. The van der Waals surface area contributed by atoms with Crippen LogP contribution in [0.4, 0.5) is 13.2 Å². The van der Waals surface area contributed by atoms with Gasteiger partial charge in [-0.15, -0.1) is 0 Å². The number of aromatic nitrogens is 1. The number of benzene rings is 1. The highest BCUT2D eigenvalue weighted by Crippen LogP contribution is 2.49. The first-order valence-electron chi connectivity index (χ1n) is 20.5. The first-order chi connectivity index (χ1) is 25.8. The van der Waals surface area contributed by atoms with Crippen molar-refractivity contribution in [1.82, 2.24) is 4.98 Å². The zero-order valence-corrected chi connectivity index (χ0v) is 31.2. The zero-order valence-electron chi connectivity index (χ0n) is 31.2. The van der Waals surface area contributed by atoms with Crippen molar-refractivity contribution in [1.29, 1.82) is 0 Å². The van der Waals surface area contributed by atoms with E-state index >= 15 is 0 Å². The molecule has 0 bridgehead atoms. The predicted octanol–water partition coefficient (Wildman–Crippen LogP) is 12.8. The summed E-state index contributed by atoms with van der Waals surface area (Å²) in [6.07, 6.45) is 16.3. The minimum atomic E-state index is -4.48. The summed E-state index contributed by atoms with van der Waals surface area (Å²) >= 11 is 0. The molecular weight excluding hydrogens is 675 g/mol. The Balaban J connectivity index is 1.51. The van der Waals surface area contributed by atoms with Gasteiger partial charge in [0.05, 0.1) is 41.4 Å². The van der Waals surface area contributed by atoms with Crippen molar-refractivity contribution < 1.29 is 27.4 Å². The van der Waals surface area contributed by atoms with Crippen molar-refractivity contribution in [3.8, 4) is 5.75 Å². The number of allylic oxidation sites excluding steroid dienone is 2. The fourth-order valence-corrected chi connectivity index (χ4v) is 9.89. The minimum absolute atomic E-state index is 0.0733. The molecule has 0 radical (unpaired) electrons. The number of halogens is 3. The third-order valence-electron chi connectivity index (χ3n) is 12.5. The highest BCUT2D eigenvalue weighted by atomic mass is 19.4. The van der Waals surface area contributed by atoms with E-state index in [0.29, 0.717) is 28.4 Å². The van der Waals surface area contributed by atoms with E-state index in [1.54, 1.807) is 0 Å². The van der Waals surface area contributed by atoms with E-state index in [1.165, 1.54) is 18.6 Å². The van der Waals surface area contributed by atoms with Gasteiger partial charge in [-0.3, -0.25) is 4.99 Å². The normalized spacial score (nSPS) is 22.4. The summed E-state index contributed by atoms with van der Waals surface area (Å²) in [6.45, 7) is 10.6. The summed E-state index contributed by atoms with van der Waals surface area (Å²) in [5.41, 5.74) is 5.34. The molecule has 0 atom stereocenters. The molecule has 2 heterocycles. The largest absolute Gasteiger partial charge is 0.462 e. The van der Waals surface area contributed by atoms with Crippen molar-refractivity contribution in [3.63, 3.8) is 0 Å². The Hall–Kier alpha value is -3.80. The average Bonchev–Trinajstić information content (AvgIpc) is 3.78. The topological polar surface area (TPSA) is 68.0 Å². The Kier molecular flexibility index (Phi) is 11.8. The molecule has 5 aliphatic rings. The smallest absolute Gasteiger partial charge is 0.416 e. The van der Waals surface area contributed by atoms with Crippen LogP contribution in [0.1, 0.15) is 180 Å². The molecule has 7 rings (SSSR count). The van der Waals surface area contributed by atoms with E-state index in [1.807, 2.05) is 6.92 Å². The molecule has 0 spiro atoms. The van der Waals surface area contributed by atoms with Crippen molar-refractivity contribution >= 4 is 17.4 Å². The van der Waals surface area contributed by atoms with Gasteiger partial charge in [0.2, 0.25) is 5.70 Å². The number of rotatable bonds is 9. The van der Waals surface area contributed by atoms with Gasteiger partial charge in [-0.1, -0.05) is 77.0 Å². The Morgan fingerprint density at radius 3 is 1.85 bits per heavy atom. The number of hydrogen-bond donors (Lipinski definition) is 1. The molecule has 4 saturated carbocycles. The molecule has 53 heavy (non-hydrogen) atoms. The van der Waals surface area contributed by atoms with Crippen molar-refractivity contribution in [2.45, 2.75) is 153 Å². The maximum Gasteiger partial charge on any atom is 0.416 e. The number of nitrogens with one attached hydrogen (secondary N) is 1. The van der Waals surface area contributed by atoms with Crippen LogP contribution in [0.15, 0.2) is 46.2 Å². The molecule has 1 aliphatic heterocycles. The van der Waals surface area contributed by atoms with E-state index in [0.717, 1.165) is 157 Å². The summed E-state index contributed by atoms with van der Waals surface area (Å²) in [4.78, 5) is 27.7. The molecule has 1 aromatic carbocycles. The van der Waals surface area contributed by atoms with Crippen LogP contribution in [0.3, 0.4) is 0 Å². The number of hydrogen-bond acceptors (Lipinski definition) is 4. The molecule has 284 valence electrons. The molecule has 0 amide bonds. The van der Waals surface area contributed by atoms with Crippen molar-refractivity contribution in [2.75, 3.05) is 6.61 Å². The first kappa shape index (κ1) is 37.5. The lowest BCUT2D eigenvalue weighted by atomic mass is 9.78. The fourth-order valence-electron chi connectivity index (χ4n) is 9.89. The molecule has 1 N–H and O–H groups in total. The maximum absolute atomic E-state index is 14.2. The molecule has 4 fully saturated rings. The highest BCUT2D eigenvalue weighted by molar-refractivity contribution is 6.09. The van der Waals surface area contributed by atoms with Gasteiger partial charge < -0.3 is 14.5 Å². The van der Waals surface area contributed by atoms with Gasteiger partial charge in [-0.25, -0.2) is 9.64 Å². The molecule has 2 aromatic rings. The third-order valence-corrected chi connectivity index (χ3v) is 12.5. The van der Waals surface area contributed by atoms with Crippen LogP contribution in [0.2, 0.25) is 0 Å². The quantitative estimate of drug-likeness (QED) is 0.159. The Morgan fingerprint density at radius 2 is 1.32 bits per heavy atom. The van der Waals surface area contributed by atoms with Gasteiger partial charge in [-0.2, -0.15) is 13.2 Å². The number of nitrogens with zero attached hydrogens (tertiary/aromatic N) is 2. The number of ether oxygens (including phenoxy) is 2. The van der Waals surface area contributed by atoms with E-state index in [4.69, 9.17) is 21.0 Å². The maximum atomic E-state index is 14.2. The number of carbonyl (C=O) groups is 1. The predicted molar refractivity (Wildman–Crippen MR) is 202 cm³/mol. The Bertz CT molecular complexity index is 1750. The standard InChI is InChI=1S/C44H54F3N3O3/c1-3-52-43(51)36-34(28-16-8-4-9-17-28)40(49-37(36)30-20-12-6-13-21-30)42(53-33-26-24-32(25-27-33)44(45,46)47)41-35(29-18-10-5-11-19-29)39(48-2)38(50-41)31-22-14-7-15-23-31/h24-31,49H,3-23H2,1H3. The van der Waals surface area contributed by atoms with Gasteiger partial charge >= 0.3 is 12.1 Å². The summed E-state index contributed by atoms with van der Waals surface area (Å²) in [5, 5.41) is 0. The van der Waals surface area contributed by atoms with Gasteiger partial charge in [0, 0.05) is 5.69 Å². The van der Waals surface area contributed by atoms with Gasteiger partial charge in [-0.05, 0) is 117 Å². The van der Waals surface area contributed by atoms with Gasteiger partial charge in [0.25, 0.3) is 0 Å². The number of esters is 1. The molecule has 4 aliphatic carbocycles. The molecule has 6 nitrogen and oxygen atoms in total. The number of H-pyrrole nitrogens is 1. The van der Waals surface area contributed by atoms with Crippen molar-refractivity contribution in [2.24, 2.45) is 16.8 Å². The van der Waals surface area contributed by atoms with Gasteiger partial charge in [0.1, 0.15) is 5.75 Å². The molecule has 0 unspecified atom stereocenters. The van der Waals surface area contributed by atoms with Crippen LogP contribution >= 0.6 is 0 Å². The highest BCUT2D eigenvalue weighted by Gasteiger charge is 2.41. The van der Waals surface area contributed by atoms with E-state index < -0.39 is 11.7 Å². The van der Waals surface area contributed by atoms with Crippen LogP contribution < -0.4 is 4.74 Å². The Morgan fingerprint density at radius 1 is 0.792 bits per heavy atom. The van der Waals surface area contributed by atoms with Crippen LogP contribution in [0.25, 0.3) is 10.6 Å². The van der Waals surface area contributed by atoms with Crippen LogP contribution in [0, 0.1) is 18.4 Å². The molecule has 1 aromatic heterocycles. The lowest BCUT2D eigenvalue weighted by Gasteiger charge is -2.27. The third kappa shape index (κ3) is 8.03. The number of alkyl halides is 3.